The van der Waals surface area contributed by atoms with Gasteiger partial charge in [-0.2, -0.15) is 0 Å². The standard InChI is InChI=1S/C23H22FNO4.ClH/c1-26-21-8-4-6-17(23(21)27-14-18-5-2-3-7-19(18)24)13-25-12-16-9-10-20-22(11-16)29-15-28-20;/h2-11,25H,12-15H2,1H3;1H. The largest absolute Gasteiger partial charge is 1.00 e. The number of quaternary nitrogens is 1. The summed E-state index contributed by atoms with van der Waals surface area (Å²) in [5.74, 6) is 2.56. The van der Waals surface area contributed by atoms with E-state index in [1.165, 1.54) is 6.07 Å². The summed E-state index contributed by atoms with van der Waals surface area (Å²) in [6.07, 6.45) is 0. The van der Waals surface area contributed by atoms with Crippen molar-refractivity contribution >= 4 is 0 Å². The summed E-state index contributed by atoms with van der Waals surface area (Å²) >= 11 is 0. The normalized spacial score (nSPS) is 11.7. The number of hydrogen-bond acceptors (Lipinski definition) is 4. The van der Waals surface area contributed by atoms with Gasteiger partial charge < -0.3 is 36.7 Å². The van der Waals surface area contributed by atoms with Gasteiger partial charge in [0.25, 0.3) is 0 Å². The summed E-state index contributed by atoms with van der Waals surface area (Å²) in [6.45, 7) is 1.88. The van der Waals surface area contributed by atoms with Crippen molar-refractivity contribution in [3.63, 3.8) is 0 Å². The quantitative estimate of drug-likeness (QED) is 0.561. The van der Waals surface area contributed by atoms with Crippen LogP contribution >= 0.6 is 0 Å². The van der Waals surface area contributed by atoms with Crippen molar-refractivity contribution in [3.05, 3.63) is 83.2 Å². The van der Waals surface area contributed by atoms with Gasteiger partial charge in [0.15, 0.2) is 23.0 Å². The molecule has 5 nitrogen and oxygen atoms in total. The van der Waals surface area contributed by atoms with E-state index in [0.717, 1.165) is 29.2 Å². The van der Waals surface area contributed by atoms with Crippen LogP contribution in [0.5, 0.6) is 23.0 Å². The third-order valence-electron chi connectivity index (χ3n) is 4.79. The van der Waals surface area contributed by atoms with E-state index in [0.29, 0.717) is 23.6 Å². The molecule has 0 radical (unpaired) electrons. The van der Waals surface area contributed by atoms with Gasteiger partial charge in [0.2, 0.25) is 6.79 Å². The highest BCUT2D eigenvalue weighted by molar-refractivity contribution is 5.46. The van der Waals surface area contributed by atoms with Crippen LogP contribution in [0.2, 0.25) is 0 Å². The van der Waals surface area contributed by atoms with Gasteiger partial charge in [0, 0.05) is 11.1 Å². The van der Waals surface area contributed by atoms with E-state index >= 15 is 0 Å². The molecular formula is C23H23ClFNO4. The Bertz CT molecular complexity index is 999. The molecule has 1 aliphatic rings. The Balaban J connectivity index is 0.00000256. The van der Waals surface area contributed by atoms with Gasteiger partial charge >= 0.3 is 0 Å². The summed E-state index contributed by atoms with van der Waals surface area (Å²) in [6, 6.07) is 18.3. The van der Waals surface area contributed by atoms with Crippen molar-refractivity contribution < 1.29 is 41.1 Å². The van der Waals surface area contributed by atoms with Crippen LogP contribution in [-0.2, 0) is 19.7 Å². The predicted molar refractivity (Wildman–Crippen MR) is 106 cm³/mol. The summed E-state index contributed by atoms with van der Waals surface area (Å²) in [5.41, 5.74) is 2.64. The average Bonchev–Trinajstić information content (AvgIpc) is 3.21. The minimum atomic E-state index is -0.279. The van der Waals surface area contributed by atoms with Crippen LogP contribution in [0.1, 0.15) is 16.7 Å². The fourth-order valence-electron chi connectivity index (χ4n) is 3.27. The maximum atomic E-state index is 13.9. The van der Waals surface area contributed by atoms with Crippen molar-refractivity contribution in [3.8, 4) is 23.0 Å². The molecule has 0 spiro atoms. The van der Waals surface area contributed by atoms with Gasteiger partial charge in [-0.3, -0.25) is 0 Å². The summed E-state index contributed by atoms with van der Waals surface area (Å²) in [7, 11) is 1.60. The van der Waals surface area contributed by atoms with Gasteiger partial charge in [-0.25, -0.2) is 4.39 Å². The number of fused-ring (bicyclic) bond motifs is 1. The lowest BCUT2D eigenvalue weighted by Gasteiger charge is -2.15. The van der Waals surface area contributed by atoms with Crippen molar-refractivity contribution in [2.45, 2.75) is 19.7 Å². The topological polar surface area (TPSA) is 53.5 Å². The van der Waals surface area contributed by atoms with Gasteiger partial charge in [0.1, 0.15) is 25.5 Å². The Morgan fingerprint density at radius 3 is 2.57 bits per heavy atom. The number of para-hydroxylation sites is 1. The zero-order valence-corrected chi connectivity index (χ0v) is 17.3. The lowest BCUT2D eigenvalue weighted by atomic mass is 10.1. The second-order valence-electron chi connectivity index (χ2n) is 6.71. The molecule has 0 fully saturated rings. The molecule has 3 aromatic rings. The van der Waals surface area contributed by atoms with Crippen LogP contribution in [-0.4, -0.2) is 13.9 Å². The van der Waals surface area contributed by atoms with Crippen LogP contribution in [0.4, 0.5) is 4.39 Å². The Labute approximate surface area is 181 Å². The molecular weight excluding hydrogens is 409 g/mol. The molecule has 0 bridgehead atoms. The monoisotopic (exact) mass is 431 g/mol. The first-order chi connectivity index (χ1) is 14.2. The first kappa shape index (κ1) is 21.7. The third-order valence-corrected chi connectivity index (χ3v) is 4.79. The number of methoxy groups -OCH3 is 1. The number of halogens is 2. The van der Waals surface area contributed by atoms with Crippen molar-refractivity contribution in [1.29, 1.82) is 0 Å². The molecule has 4 rings (SSSR count). The molecule has 2 N–H and O–H groups in total. The van der Waals surface area contributed by atoms with Crippen molar-refractivity contribution in [2.75, 3.05) is 13.9 Å². The molecule has 30 heavy (non-hydrogen) atoms. The zero-order chi connectivity index (χ0) is 20.1. The Hall–Kier alpha value is -2.96. The zero-order valence-electron chi connectivity index (χ0n) is 16.6. The number of ether oxygens (including phenoxy) is 4. The maximum Gasteiger partial charge on any atom is 0.231 e. The molecule has 7 heteroatoms. The molecule has 1 aliphatic heterocycles. The van der Waals surface area contributed by atoms with E-state index in [2.05, 4.69) is 5.32 Å². The molecule has 158 valence electrons. The van der Waals surface area contributed by atoms with E-state index in [-0.39, 0.29) is 31.6 Å². The number of hydrogen-bond donors (Lipinski definition) is 1. The third kappa shape index (κ3) is 4.96. The number of nitrogens with two attached hydrogens (primary N) is 1. The van der Waals surface area contributed by atoms with Crippen LogP contribution in [0.15, 0.2) is 60.7 Å². The lowest BCUT2D eigenvalue weighted by Crippen LogP contribution is -3.00. The van der Waals surface area contributed by atoms with Gasteiger partial charge in [-0.05, 0) is 36.4 Å². The Morgan fingerprint density at radius 2 is 1.73 bits per heavy atom. The molecule has 0 atom stereocenters. The number of benzene rings is 3. The summed E-state index contributed by atoms with van der Waals surface area (Å²) in [5, 5.41) is 2.17. The van der Waals surface area contributed by atoms with Crippen LogP contribution < -0.4 is 36.7 Å². The molecule has 0 saturated heterocycles. The molecule has 0 saturated carbocycles. The second-order valence-corrected chi connectivity index (χ2v) is 6.71. The lowest BCUT2D eigenvalue weighted by molar-refractivity contribution is -0.686. The fourth-order valence-corrected chi connectivity index (χ4v) is 3.27. The van der Waals surface area contributed by atoms with E-state index in [9.17, 15) is 4.39 Å². The minimum Gasteiger partial charge on any atom is -1.00 e. The van der Waals surface area contributed by atoms with Gasteiger partial charge in [0.05, 0.1) is 12.7 Å². The van der Waals surface area contributed by atoms with Crippen LogP contribution in [0.25, 0.3) is 0 Å². The molecule has 3 aromatic carbocycles. The van der Waals surface area contributed by atoms with Gasteiger partial charge in [-0.15, -0.1) is 0 Å². The van der Waals surface area contributed by atoms with Crippen LogP contribution in [0.3, 0.4) is 0 Å². The molecule has 0 aromatic heterocycles. The van der Waals surface area contributed by atoms with Crippen LogP contribution in [0, 0.1) is 5.82 Å². The highest BCUT2D eigenvalue weighted by Crippen LogP contribution is 2.33. The van der Waals surface area contributed by atoms with E-state index in [1.54, 1.807) is 25.3 Å². The first-order valence-corrected chi connectivity index (χ1v) is 9.47. The SMILES string of the molecule is COc1cccc(C[NH2+]Cc2ccc3c(c2)OCO3)c1OCc1ccccc1F.[Cl-]. The molecule has 1 heterocycles. The van der Waals surface area contributed by atoms with Gasteiger partial charge in [-0.1, -0.05) is 24.3 Å². The Morgan fingerprint density at radius 1 is 0.933 bits per heavy atom. The number of rotatable bonds is 8. The predicted octanol–water partition coefficient (Wildman–Crippen LogP) is 0.410. The van der Waals surface area contributed by atoms with Crippen molar-refractivity contribution in [2.24, 2.45) is 0 Å². The highest BCUT2D eigenvalue weighted by Gasteiger charge is 2.15. The smallest absolute Gasteiger partial charge is 0.231 e. The first-order valence-electron chi connectivity index (χ1n) is 9.47. The molecule has 0 amide bonds. The average molecular weight is 432 g/mol. The van der Waals surface area contributed by atoms with E-state index in [4.69, 9.17) is 18.9 Å². The Kier molecular flexibility index (Phi) is 7.38. The highest BCUT2D eigenvalue weighted by atomic mass is 35.5. The van der Waals surface area contributed by atoms with E-state index < -0.39 is 0 Å². The fraction of sp³-hybridized carbons (Fsp3) is 0.217. The second kappa shape index (κ2) is 10.2. The van der Waals surface area contributed by atoms with Crippen molar-refractivity contribution in [1.82, 2.24) is 0 Å². The maximum absolute atomic E-state index is 13.9. The summed E-state index contributed by atoms with van der Waals surface area (Å²) < 4.78 is 36.1. The van der Waals surface area contributed by atoms with E-state index in [1.807, 2.05) is 36.4 Å². The molecule has 0 unspecified atom stereocenters. The minimum absolute atomic E-state index is 0. The summed E-state index contributed by atoms with van der Waals surface area (Å²) in [4.78, 5) is 0. The molecule has 0 aliphatic carbocycles.